The Bertz CT molecular complexity index is 433. The minimum absolute atomic E-state index is 0.138. The molecule has 0 fully saturated rings. The highest BCUT2D eigenvalue weighted by atomic mass is 16.5. The normalized spacial score (nSPS) is 10.1. The van der Waals surface area contributed by atoms with Gasteiger partial charge in [0.2, 0.25) is 11.7 Å². The van der Waals surface area contributed by atoms with Crippen LogP contribution in [0.2, 0.25) is 0 Å². The SMILES string of the molecule is Cc1cc(C(=O)Nc2ncn[nH]2)on1. The summed E-state index contributed by atoms with van der Waals surface area (Å²) in [6.45, 7) is 1.73. The summed E-state index contributed by atoms with van der Waals surface area (Å²) in [4.78, 5) is 15.1. The van der Waals surface area contributed by atoms with E-state index in [9.17, 15) is 4.79 Å². The van der Waals surface area contributed by atoms with Gasteiger partial charge < -0.3 is 4.52 Å². The number of H-pyrrole nitrogens is 1. The van der Waals surface area contributed by atoms with Crippen LogP contribution in [-0.4, -0.2) is 26.2 Å². The van der Waals surface area contributed by atoms with E-state index in [2.05, 4.69) is 25.7 Å². The largest absolute Gasteiger partial charge is 0.351 e. The predicted octanol–water partition coefficient (Wildman–Crippen LogP) is 0.353. The first kappa shape index (κ1) is 8.42. The molecule has 0 spiro atoms. The first-order valence-corrected chi connectivity index (χ1v) is 3.86. The van der Waals surface area contributed by atoms with E-state index in [-0.39, 0.29) is 11.7 Å². The number of nitrogens with one attached hydrogen (secondary N) is 2. The van der Waals surface area contributed by atoms with Crippen LogP contribution in [0.5, 0.6) is 0 Å². The molecular formula is C7H7N5O2. The van der Waals surface area contributed by atoms with Crippen molar-refractivity contribution in [3.63, 3.8) is 0 Å². The maximum absolute atomic E-state index is 11.4. The smallest absolute Gasteiger partial charge is 0.296 e. The van der Waals surface area contributed by atoms with Gasteiger partial charge in [0, 0.05) is 6.07 Å². The second-order valence-electron chi connectivity index (χ2n) is 2.62. The fourth-order valence-corrected chi connectivity index (χ4v) is 0.905. The Balaban J connectivity index is 2.10. The number of aromatic nitrogens is 4. The van der Waals surface area contributed by atoms with Crippen molar-refractivity contribution in [3.05, 3.63) is 23.8 Å². The van der Waals surface area contributed by atoms with Crippen molar-refractivity contribution in [1.29, 1.82) is 0 Å². The molecule has 0 bridgehead atoms. The number of nitrogens with zero attached hydrogens (tertiary/aromatic N) is 3. The van der Waals surface area contributed by atoms with Gasteiger partial charge in [0.25, 0.3) is 5.91 Å². The van der Waals surface area contributed by atoms with E-state index in [4.69, 9.17) is 4.52 Å². The Morgan fingerprint density at radius 1 is 1.64 bits per heavy atom. The van der Waals surface area contributed by atoms with E-state index in [1.54, 1.807) is 6.92 Å². The molecule has 0 radical (unpaired) electrons. The maximum atomic E-state index is 11.4. The van der Waals surface area contributed by atoms with E-state index < -0.39 is 5.91 Å². The fraction of sp³-hybridized carbons (Fsp3) is 0.143. The first-order valence-electron chi connectivity index (χ1n) is 3.86. The summed E-state index contributed by atoms with van der Waals surface area (Å²) in [5.41, 5.74) is 0.646. The predicted molar refractivity (Wildman–Crippen MR) is 45.6 cm³/mol. The van der Waals surface area contributed by atoms with E-state index in [1.165, 1.54) is 12.4 Å². The molecule has 2 rings (SSSR count). The van der Waals surface area contributed by atoms with Crippen LogP contribution in [0.25, 0.3) is 0 Å². The molecule has 0 saturated heterocycles. The lowest BCUT2D eigenvalue weighted by Gasteiger charge is -1.94. The number of amides is 1. The number of aryl methyl sites for hydroxylation is 1. The number of aromatic amines is 1. The van der Waals surface area contributed by atoms with E-state index in [0.717, 1.165) is 0 Å². The number of carbonyl (C=O) groups excluding carboxylic acids is 1. The number of anilines is 1. The lowest BCUT2D eigenvalue weighted by Crippen LogP contribution is -2.11. The van der Waals surface area contributed by atoms with Gasteiger partial charge in [-0.05, 0) is 6.92 Å². The van der Waals surface area contributed by atoms with Crippen LogP contribution in [0.4, 0.5) is 5.95 Å². The Hall–Kier alpha value is -2.18. The van der Waals surface area contributed by atoms with Gasteiger partial charge in [0.1, 0.15) is 6.33 Å². The van der Waals surface area contributed by atoms with Gasteiger partial charge in [0.15, 0.2) is 0 Å². The van der Waals surface area contributed by atoms with Gasteiger partial charge in [-0.15, -0.1) is 0 Å². The van der Waals surface area contributed by atoms with Crippen molar-refractivity contribution >= 4 is 11.9 Å². The van der Waals surface area contributed by atoms with Crippen molar-refractivity contribution in [2.45, 2.75) is 6.92 Å². The average Bonchev–Trinajstić information content (AvgIpc) is 2.75. The van der Waals surface area contributed by atoms with Gasteiger partial charge >= 0.3 is 0 Å². The summed E-state index contributed by atoms with van der Waals surface area (Å²) in [5.74, 6) is -0.00898. The molecule has 72 valence electrons. The van der Waals surface area contributed by atoms with Crippen molar-refractivity contribution < 1.29 is 9.32 Å². The Kier molecular flexibility index (Phi) is 1.98. The molecule has 0 aliphatic rings. The maximum Gasteiger partial charge on any atom is 0.296 e. The van der Waals surface area contributed by atoms with Crippen LogP contribution >= 0.6 is 0 Å². The summed E-state index contributed by atoms with van der Waals surface area (Å²) in [5, 5.41) is 12.1. The number of hydrogen-bond donors (Lipinski definition) is 2. The molecule has 14 heavy (non-hydrogen) atoms. The van der Waals surface area contributed by atoms with Gasteiger partial charge in [-0.1, -0.05) is 5.16 Å². The second kappa shape index (κ2) is 3.29. The molecule has 2 heterocycles. The summed E-state index contributed by atoms with van der Waals surface area (Å²) in [6, 6.07) is 1.53. The first-order chi connectivity index (χ1) is 6.75. The summed E-state index contributed by atoms with van der Waals surface area (Å²) in [6.07, 6.45) is 1.29. The number of carbonyl (C=O) groups is 1. The topological polar surface area (TPSA) is 96.7 Å². The highest BCUT2D eigenvalue weighted by Crippen LogP contribution is 2.04. The third-order valence-electron chi connectivity index (χ3n) is 1.50. The molecule has 7 heteroatoms. The second-order valence-corrected chi connectivity index (χ2v) is 2.62. The van der Waals surface area contributed by atoms with Gasteiger partial charge in [-0.2, -0.15) is 10.1 Å². The van der Waals surface area contributed by atoms with Crippen LogP contribution in [0.15, 0.2) is 16.9 Å². The van der Waals surface area contributed by atoms with Crippen LogP contribution in [-0.2, 0) is 0 Å². The third-order valence-corrected chi connectivity index (χ3v) is 1.50. The van der Waals surface area contributed by atoms with Gasteiger partial charge in [-0.25, -0.2) is 5.10 Å². The van der Waals surface area contributed by atoms with E-state index in [0.29, 0.717) is 5.69 Å². The minimum Gasteiger partial charge on any atom is -0.351 e. The monoisotopic (exact) mass is 193 g/mol. The van der Waals surface area contributed by atoms with Crippen molar-refractivity contribution in [2.24, 2.45) is 0 Å². The van der Waals surface area contributed by atoms with Crippen LogP contribution < -0.4 is 5.32 Å². The lowest BCUT2D eigenvalue weighted by molar-refractivity contribution is 0.0987. The molecule has 0 unspecified atom stereocenters. The minimum atomic E-state index is -0.414. The molecule has 1 amide bonds. The standard InChI is InChI=1S/C7H7N5O2/c1-4-2-5(14-12-4)6(13)10-7-8-3-9-11-7/h2-3H,1H3,(H2,8,9,10,11,13). The van der Waals surface area contributed by atoms with Crippen molar-refractivity contribution in [3.8, 4) is 0 Å². The molecule has 0 aromatic carbocycles. The summed E-state index contributed by atoms with van der Waals surface area (Å²) < 4.78 is 4.75. The van der Waals surface area contributed by atoms with Gasteiger partial charge in [-0.3, -0.25) is 10.1 Å². The Labute approximate surface area is 78.5 Å². The molecule has 7 nitrogen and oxygen atoms in total. The van der Waals surface area contributed by atoms with Crippen LogP contribution in [0.3, 0.4) is 0 Å². The molecule has 0 saturated carbocycles. The highest BCUT2D eigenvalue weighted by Gasteiger charge is 2.12. The number of hydrogen-bond acceptors (Lipinski definition) is 5. The zero-order valence-corrected chi connectivity index (χ0v) is 7.31. The Morgan fingerprint density at radius 2 is 2.50 bits per heavy atom. The molecule has 2 N–H and O–H groups in total. The fourth-order valence-electron chi connectivity index (χ4n) is 0.905. The molecule has 0 aliphatic heterocycles. The third kappa shape index (κ3) is 1.60. The molecule has 2 aromatic rings. The van der Waals surface area contributed by atoms with Crippen molar-refractivity contribution in [1.82, 2.24) is 20.3 Å². The van der Waals surface area contributed by atoms with Crippen LogP contribution in [0, 0.1) is 6.92 Å². The average molecular weight is 193 g/mol. The molecule has 2 aromatic heterocycles. The quantitative estimate of drug-likeness (QED) is 0.717. The molecular weight excluding hydrogens is 186 g/mol. The van der Waals surface area contributed by atoms with E-state index >= 15 is 0 Å². The summed E-state index contributed by atoms with van der Waals surface area (Å²) >= 11 is 0. The zero-order chi connectivity index (χ0) is 9.97. The lowest BCUT2D eigenvalue weighted by atomic mass is 10.4. The van der Waals surface area contributed by atoms with Crippen molar-refractivity contribution in [2.75, 3.05) is 5.32 Å². The number of rotatable bonds is 2. The zero-order valence-electron chi connectivity index (χ0n) is 7.31. The summed E-state index contributed by atoms with van der Waals surface area (Å²) in [7, 11) is 0. The highest BCUT2D eigenvalue weighted by molar-refractivity contribution is 6.01. The van der Waals surface area contributed by atoms with Gasteiger partial charge in [0.05, 0.1) is 5.69 Å². The van der Waals surface area contributed by atoms with E-state index in [1.807, 2.05) is 0 Å². The molecule has 0 aliphatic carbocycles. The Morgan fingerprint density at radius 3 is 3.07 bits per heavy atom. The van der Waals surface area contributed by atoms with Crippen LogP contribution in [0.1, 0.15) is 16.2 Å². The molecule has 0 atom stereocenters.